The van der Waals surface area contributed by atoms with Gasteiger partial charge < -0.3 is 10.3 Å². The molecule has 0 amide bonds. The van der Waals surface area contributed by atoms with Gasteiger partial charge in [0.05, 0.1) is 0 Å². The van der Waals surface area contributed by atoms with Crippen LogP contribution >= 0.6 is 11.8 Å². The molecule has 0 atom stereocenters. The number of nitrogens with zero attached hydrogens (tertiary/aromatic N) is 1. The monoisotopic (exact) mass is 234 g/mol. The molecule has 0 spiro atoms. The number of hydrogen-bond donors (Lipinski definition) is 1. The predicted octanol–water partition coefficient (Wildman–Crippen LogP) is 2.51. The Morgan fingerprint density at radius 1 is 1.31 bits per heavy atom. The van der Waals surface area contributed by atoms with Crippen molar-refractivity contribution in [1.82, 2.24) is 4.57 Å². The van der Waals surface area contributed by atoms with Crippen molar-refractivity contribution in [2.24, 2.45) is 5.73 Å². The Balaban J connectivity index is 2.40. The third-order valence-corrected chi connectivity index (χ3v) is 3.41. The molecule has 16 heavy (non-hydrogen) atoms. The zero-order valence-electron chi connectivity index (χ0n) is 9.65. The average Bonchev–Trinajstić information content (AvgIpc) is 2.66. The van der Waals surface area contributed by atoms with E-state index < -0.39 is 0 Å². The summed E-state index contributed by atoms with van der Waals surface area (Å²) >= 11 is 1.88. The summed E-state index contributed by atoms with van der Waals surface area (Å²) in [6.07, 6.45) is 5.37. The van der Waals surface area contributed by atoms with Crippen LogP contribution < -0.4 is 5.73 Å². The summed E-state index contributed by atoms with van der Waals surface area (Å²) in [5, 5.41) is 1.36. The second-order valence-corrected chi connectivity index (χ2v) is 4.88. The molecule has 1 aromatic heterocycles. The van der Waals surface area contributed by atoms with E-state index in [0.29, 0.717) is 0 Å². The van der Waals surface area contributed by atoms with E-state index in [9.17, 15) is 0 Å². The molecule has 3 heteroatoms. The maximum absolute atomic E-state index is 5.65. The number of rotatable bonds is 5. The normalized spacial score (nSPS) is 11.1. The van der Waals surface area contributed by atoms with Gasteiger partial charge in [0.2, 0.25) is 0 Å². The first-order valence-corrected chi connectivity index (χ1v) is 7.02. The number of nitrogens with two attached hydrogens (primary N) is 1. The highest BCUT2D eigenvalue weighted by Gasteiger charge is 2.06. The SMILES string of the molecule is CSCCn1cc(CCN)c2ccccc21. The van der Waals surface area contributed by atoms with Gasteiger partial charge in [-0.15, -0.1) is 0 Å². The summed E-state index contributed by atoms with van der Waals surface area (Å²) < 4.78 is 2.34. The van der Waals surface area contributed by atoms with Gasteiger partial charge in [-0.3, -0.25) is 0 Å². The summed E-state index contributed by atoms with van der Waals surface area (Å²) in [7, 11) is 0. The predicted molar refractivity (Wildman–Crippen MR) is 73.1 cm³/mol. The van der Waals surface area contributed by atoms with E-state index in [1.807, 2.05) is 11.8 Å². The average molecular weight is 234 g/mol. The van der Waals surface area contributed by atoms with Gasteiger partial charge in [-0.05, 0) is 30.9 Å². The lowest BCUT2D eigenvalue weighted by molar-refractivity contribution is 0.800. The van der Waals surface area contributed by atoms with Crippen LogP contribution in [0.2, 0.25) is 0 Å². The molecule has 0 unspecified atom stereocenters. The minimum atomic E-state index is 0.719. The van der Waals surface area contributed by atoms with Crippen LogP contribution in [0.3, 0.4) is 0 Å². The number of fused-ring (bicyclic) bond motifs is 1. The van der Waals surface area contributed by atoms with Gasteiger partial charge in [0.25, 0.3) is 0 Å². The van der Waals surface area contributed by atoms with Gasteiger partial charge in [0.15, 0.2) is 0 Å². The zero-order chi connectivity index (χ0) is 11.4. The lowest BCUT2D eigenvalue weighted by atomic mass is 10.1. The van der Waals surface area contributed by atoms with Crippen molar-refractivity contribution < 1.29 is 0 Å². The Labute approximate surface area is 101 Å². The second-order valence-electron chi connectivity index (χ2n) is 3.90. The summed E-state index contributed by atoms with van der Waals surface area (Å²) in [5.41, 5.74) is 8.36. The topological polar surface area (TPSA) is 30.9 Å². The number of thioether (sulfide) groups is 1. The summed E-state index contributed by atoms with van der Waals surface area (Å²) in [6, 6.07) is 8.58. The molecule has 0 bridgehead atoms. The minimum Gasteiger partial charge on any atom is -0.346 e. The lowest BCUT2D eigenvalue weighted by Crippen LogP contribution is -2.02. The van der Waals surface area contributed by atoms with E-state index in [1.165, 1.54) is 16.5 Å². The zero-order valence-corrected chi connectivity index (χ0v) is 10.5. The maximum atomic E-state index is 5.65. The first-order chi connectivity index (χ1) is 7.86. The van der Waals surface area contributed by atoms with Gasteiger partial charge >= 0.3 is 0 Å². The van der Waals surface area contributed by atoms with Crippen LogP contribution in [0, 0.1) is 0 Å². The quantitative estimate of drug-likeness (QED) is 0.861. The standard InChI is InChI=1S/C13H18N2S/c1-16-9-8-15-10-11(6-7-14)12-4-2-3-5-13(12)15/h2-5,10H,6-9,14H2,1H3. The van der Waals surface area contributed by atoms with Crippen LogP contribution in [0.4, 0.5) is 0 Å². The minimum absolute atomic E-state index is 0.719. The highest BCUT2D eigenvalue weighted by Crippen LogP contribution is 2.21. The number of aryl methyl sites for hydroxylation is 1. The molecule has 0 fully saturated rings. The molecule has 0 saturated heterocycles. The van der Waals surface area contributed by atoms with E-state index in [-0.39, 0.29) is 0 Å². The van der Waals surface area contributed by atoms with Crippen molar-refractivity contribution >= 4 is 22.7 Å². The van der Waals surface area contributed by atoms with Crippen LogP contribution in [-0.2, 0) is 13.0 Å². The highest BCUT2D eigenvalue weighted by molar-refractivity contribution is 7.98. The fourth-order valence-corrected chi connectivity index (χ4v) is 2.43. The molecule has 0 aliphatic carbocycles. The van der Waals surface area contributed by atoms with E-state index in [1.54, 1.807) is 0 Å². The molecule has 2 aromatic rings. The molecule has 0 saturated carbocycles. The van der Waals surface area contributed by atoms with E-state index >= 15 is 0 Å². The second kappa shape index (κ2) is 5.41. The van der Waals surface area contributed by atoms with Gasteiger partial charge in [-0.2, -0.15) is 11.8 Å². The molecule has 2 rings (SSSR count). The number of para-hydroxylation sites is 1. The highest BCUT2D eigenvalue weighted by atomic mass is 32.2. The third-order valence-electron chi connectivity index (χ3n) is 2.82. The summed E-state index contributed by atoms with van der Waals surface area (Å²) in [4.78, 5) is 0. The van der Waals surface area contributed by atoms with Gasteiger partial charge in [0.1, 0.15) is 0 Å². The van der Waals surface area contributed by atoms with Gasteiger partial charge in [0, 0.05) is 29.4 Å². The van der Waals surface area contributed by atoms with E-state index in [0.717, 1.165) is 25.3 Å². The maximum Gasteiger partial charge on any atom is 0.0483 e. The number of aromatic nitrogens is 1. The van der Waals surface area contributed by atoms with Crippen LogP contribution in [-0.4, -0.2) is 23.1 Å². The van der Waals surface area contributed by atoms with Crippen LogP contribution in [0.25, 0.3) is 10.9 Å². The van der Waals surface area contributed by atoms with Crippen molar-refractivity contribution in [2.45, 2.75) is 13.0 Å². The van der Waals surface area contributed by atoms with Crippen molar-refractivity contribution in [1.29, 1.82) is 0 Å². The van der Waals surface area contributed by atoms with Gasteiger partial charge in [-0.1, -0.05) is 18.2 Å². The Hall–Kier alpha value is -0.930. The molecule has 86 valence electrons. The molecule has 0 aliphatic rings. The molecular weight excluding hydrogens is 216 g/mol. The summed E-state index contributed by atoms with van der Waals surface area (Å²) in [5.74, 6) is 1.15. The Kier molecular flexibility index (Phi) is 3.91. The Morgan fingerprint density at radius 3 is 2.88 bits per heavy atom. The van der Waals surface area contributed by atoms with Crippen LogP contribution in [0.5, 0.6) is 0 Å². The fraction of sp³-hybridized carbons (Fsp3) is 0.385. The summed E-state index contributed by atoms with van der Waals surface area (Å²) in [6.45, 7) is 1.79. The van der Waals surface area contributed by atoms with E-state index in [4.69, 9.17) is 5.73 Å². The third kappa shape index (κ3) is 2.25. The molecule has 2 nitrogen and oxygen atoms in total. The molecule has 1 aromatic carbocycles. The van der Waals surface area contributed by atoms with Gasteiger partial charge in [-0.25, -0.2) is 0 Å². The molecular formula is C13H18N2S. The lowest BCUT2D eigenvalue weighted by Gasteiger charge is -2.02. The van der Waals surface area contributed by atoms with Crippen molar-refractivity contribution in [3.05, 3.63) is 36.0 Å². The Bertz CT molecular complexity index is 462. The first kappa shape index (κ1) is 11.6. The Morgan fingerprint density at radius 2 is 2.12 bits per heavy atom. The fourth-order valence-electron chi connectivity index (χ4n) is 2.05. The van der Waals surface area contributed by atoms with Crippen molar-refractivity contribution in [3.8, 4) is 0 Å². The smallest absolute Gasteiger partial charge is 0.0483 e. The van der Waals surface area contributed by atoms with E-state index in [2.05, 4.69) is 41.3 Å². The van der Waals surface area contributed by atoms with Crippen molar-refractivity contribution in [3.63, 3.8) is 0 Å². The molecule has 0 radical (unpaired) electrons. The molecule has 2 N–H and O–H groups in total. The largest absolute Gasteiger partial charge is 0.346 e. The molecule has 0 aliphatic heterocycles. The van der Waals surface area contributed by atoms with Crippen LogP contribution in [0.15, 0.2) is 30.5 Å². The number of hydrogen-bond acceptors (Lipinski definition) is 2. The van der Waals surface area contributed by atoms with Crippen LogP contribution in [0.1, 0.15) is 5.56 Å². The van der Waals surface area contributed by atoms with Crippen molar-refractivity contribution in [2.75, 3.05) is 18.6 Å². The number of benzene rings is 1. The first-order valence-electron chi connectivity index (χ1n) is 5.62. The molecule has 1 heterocycles.